The smallest absolute Gasteiger partial charge is 0.270 e. The summed E-state index contributed by atoms with van der Waals surface area (Å²) in [6.07, 6.45) is 0.955. The van der Waals surface area contributed by atoms with E-state index < -0.39 is 0 Å². The highest BCUT2D eigenvalue weighted by atomic mass is 35.5. The van der Waals surface area contributed by atoms with Crippen molar-refractivity contribution in [2.24, 2.45) is 5.92 Å². The van der Waals surface area contributed by atoms with Gasteiger partial charge in [0.2, 0.25) is 0 Å². The first-order valence-electron chi connectivity index (χ1n) is 8.97. The fourth-order valence-corrected chi connectivity index (χ4v) is 4.50. The first-order chi connectivity index (χ1) is 13.4. The van der Waals surface area contributed by atoms with E-state index in [0.29, 0.717) is 28.9 Å². The SMILES string of the molecule is Cc1nnc(SCc2nc(C(=O)NCCC(C)C)cs2)n1-c1cccc(Cl)c1. The van der Waals surface area contributed by atoms with Crippen molar-refractivity contribution in [3.63, 3.8) is 0 Å². The summed E-state index contributed by atoms with van der Waals surface area (Å²) >= 11 is 9.13. The normalized spacial score (nSPS) is 11.2. The molecule has 0 bridgehead atoms. The number of aryl methyl sites for hydroxylation is 1. The van der Waals surface area contributed by atoms with E-state index in [2.05, 4.69) is 34.3 Å². The quantitative estimate of drug-likeness (QED) is 0.516. The van der Waals surface area contributed by atoms with Crippen molar-refractivity contribution in [1.82, 2.24) is 25.1 Å². The van der Waals surface area contributed by atoms with Gasteiger partial charge in [-0.1, -0.05) is 43.3 Å². The summed E-state index contributed by atoms with van der Waals surface area (Å²) in [5.41, 5.74) is 1.39. The summed E-state index contributed by atoms with van der Waals surface area (Å²) in [6, 6.07) is 7.58. The average molecular weight is 436 g/mol. The molecule has 148 valence electrons. The van der Waals surface area contributed by atoms with Gasteiger partial charge in [0, 0.05) is 16.9 Å². The van der Waals surface area contributed by atoms with Crippen molar-refractivity contribution in [2.75, 3.05) is 6.54 Å². The molecule has 0 aliphatic rings. The van der Waals surface area contributed by atoms with Crippen molar-refractivity contribution < 1.29 is 4.79 Å². The van der Waals surface area contributed by atoms with Crippen molar-refractivity contribution >= 4 is 40.6 Å². The molecule has 3 rings (SSSR count). The van der Waals surface area contributed by atoms with Crippen LogP contribution < -0.4 is 5.32 Å². The highest BCUT2D eigenvalue weighted by Crippen LogP contribution is 2.27. The van der Waals surface area contributed by atoms with Gasteiger partial charge < -0.3 is 5.32 Å². The van der Waals surface area contributed by atoms with E-state index in [1.54, 1.807) is 5.38 Å². The number of thioether (sulfide) groups is 1. The van der Waals surface area contributed by atoms with Gasteiger partial charge in [0.15, 0.2) is 5.16 Å². The number of aromatic nitrogens is 4. The minimum absolute atomic E-state index is 0.119. The minimum atomic E-state index is -0.119. The number of nitrogens with zero attached hydrogens (tertiary/aromatic N) is 4. The number of nitrogens with one attached hydrogen (secondary N) is 1. The molecule has 0 atom stereocenters. The molecule has 0 radical (unpaired) electrons. The number of carbonyl (C=O) groups is 1. The molecule has 2 heterocycles. The van der Waals surface area contributed by atoms with E-state index in [-0.39, 0.29) is 5.91 Å². The standard InChI is InChI=1S/C19H22ClN5OS2/c1-12(2)7-8-21-18(26)16-10-27-17(22-16)11-28-19-24-23-13(3)25(19)15-6-4-5-14(20)9-15/h4-6,9-10,12H,7-8,11H2,1-3H3,(H,21,26). The highest BCUT2D eigenvalue weighted by molar-refractivity contribution is 7.98. The number of amides is 1. The molecule has 3 aromatic rings. The number of thiazole rings is 1. The van der Waals surface area contributed by atoms with Crippen LogP contribution in [0.3, 0.4) is 0 Å². The molecule has 1 aromatic carbocycles. The zero-order chi connectivity index (χ0) is 20.1. The Kier molecular flexibility index (Phi) is 7.09. The Morgan fingerprint density at radius 1 is 1.36 bits per heavy atom. The Bertz CT molecular complexity index is 953. The Morgan fingerprint density at radius 2 is 2.18 bits per heavy atom. The molecule has 1 N–H and O–H groups in total. The Balaban J connectivity index is 1.64. The number of benzene rings is 1. The number of hydrogen-bond donors (Lipinski definition) is 1. The van der Waals surface area contributed by atoms with Crippen LogP contribution in [-0.2, 0) is 5.75 Å². The molecular weight excluding hydrogens is 414 g/mol. The molecule has 0 aliphatic carbocycles. The Hall–Kier alpha value is -1.90. The lowest BCUT2D eigenvalue weighted by Crippen LogP contribution is -2.25. The lowest BCUT2D eigenvalue weighted by Gasteiger charge is -2.08. The van der Waals surface area contributed by atoms with Gasteiger partial charge in [-0.3, -0.25) is 9.36 Å². The molecular formula is C19H22ClN5OS2. The third kappa shape index (κ3) is 5.33. The van der Waals surface area contributed by atoms with Gasteiger partial charge in [-0.2, -0.15) is 0 Å². The summed E-state index contributed by atoms with van der Waals surface area (Å²) in [7, 11) is 0. The fraction of sp³-hybridized carbons (Fsp3) is 0.368. The van der Waals surface area contributed by atoms with Crippen molar-refractivity contribution in [3.8, 4) is 5.69 Å². The second-order valence-electron chi connectivity index (χ2n) is 6.70. The summed E-state index contributed by atoms with van der Waals surface area (Å²) in [6.45, 7) is 6.84. The monoisotopic (exact) mass is 435 g/mol. The molecule has 2 aromatic heterocycles. The molecule has 0 saturated carbocycles. The van der Waals surface area contributed by atoms with Gasteiger partial charge >= 0.3 is 0 Å². The predicted molar refractivity (Wildman–Crippen MR) is 115 cm³/mol. The highest BCUT2D eigenvalue weighted by Gasteiger charge is 2.15. The minimum Gasteiger partial charge on any atom is -0.351 e. The third-order valence-electron chi connectivity index (χ3n) is 3.98. The van der Waals surface area contributed by atoms with Gasteiger partial charge in [-0.15, -0.1) is 21.5 Å². The topological polar surface area (TPSA) is 72.7 Å². The number of hydrogen-bond acceptors (Lipinski definition) is 6. The molecule has 0 fully saturated rings. The summed E-state index contributed by atoms with van der Waals surface area (Å²) in [5.74, 6) is 1.84. The van der Waals surface area contributed by atoms with Crippen LogP contribution in [0.15, 0.2) is 34.8 Å². The van der Waals surface area contributed by atoms with Crippen LogP contribution in [0.2, 0.25) is 5.02 Å². The van der Waals surface area contributed by atoms with Crippen LogP contribution >= 0.6 is 34.7 Å². The van der Waals surface area contributed by atoms with Gasteiger partial charge in [-0.25, -0.2) is 4.98 Å². The van der Waals surface area contributed by atoms with Crippen LogP contribution in [0, 0.1) is 12.8 Å². The Morgan fingerprint density at radius 3 is 2.93 bits per heavy atom. The lowest BCUT2D eigenvalue weighted by molar-refractivity contribution is 0.0947. The van der Waals surface area contributed by atoms with Crippen LogP contribution in [0.25, 0.3) is 5.69 Å². The lowest BCUT2D eigenvalue weighted by atomic mass is 10.1. The number of halogens is 1. The summed E-state index contributed by atoms with van der Waals surface area (Å²) in [4.78, 5) is 16.6. The van der Waals surface area contributed by atoms with E-state index in [4.69, 9.17) is 11.6 Å². The van der Waals surface area contributed by atoms with Gasteiger partial charge in [0.1, 0.15) is 16.5 Å². The zero-order valence-corrected chi connectivity index (χ0v) is 18.4. The van der Waals surface area contributed by atoms with Gasteiger partial charge in [-0.05, 0) is 37.5 Å². The van der Waals surface area contributed by atoms with Crippen molar-refractivity contribution in [2.45, 2.75) is 38.1 Å². The molecule has 6 nitrogen and oxygen atoms in total. The maximum absolute atomic E-state index is 12.2. The predicted octanol–water partition coefficient (Wildman–Crippen LogP) is 4.75. The van der Waals surface area contributed by atoms with Gasteiger partial charge in [0.25, 0.3) is 5.91 Å². The fourth-order valence-electron chi connectivity index (χ4n) is 2.52. The van der Waals surface area contributed by atoms with E-state index in [1.807, 2.05) is 35.8 Å². The second kappa shape index (κ2) is 9.54. The second-order valence-corrected chi connectivity index (χ2v) is 9.02. The summed E-state index contributed by atoms with van der Waals surface area (Å²) < 4.78 is 1.96. The maximum Gasteiger partial charge on any atom is 0.270 e. The van der Waals surface area contributed by atoms with Crippen molar-refractivity contribution in [3.05, 3.63) is 51.2 Å². The van der Waals surface area contributed by atoms with Gasteiger partial charge in [0.05, 0.1) is 11.4 Å². The van der Waals surface area contributed by atoms with Crippen LogP contribution in [-0.4, -0.2) is 32.2 Å². The summed E-state index contributed by atoms with van der Waals surface area (Å²) in [5, 5.41) is 15.5. The molecule has 0 saturated heterocycles. The molecule has 0 aliphatic heterocycles. The Labute approximate surface area is 177 Å². The van der Waals surface area contributed by atoms with Crippen LogP contribution in [0.5, 0.6) is 0 Å². The first-order valence-corrected chi connectivity index (χ1v) is 11.2. The number of carbonyl (C=O) groups excluding carboxylic acids is 1. The van der Waals surface area contributed by atoms with Crippen molar-refractivity contribution in [1.29, 1.82) is 0 Å². The maximum atomic E-state index is 12.2. The molecule has 0 unspecified atom stereocenters. The molecule has 0 spiro atoms. The van der Waals surface area contributed by atoms with Crippen LogP contribution in [0.1, 0.15) is 41.6 Å². The molecule has 28 heavy (non-hydrogen) atoms. The van der Waals surface area contributed by atoms with E-state index in [1.165, 1.54) is 23.1 Å². The van der Waals surface area contributed by atoms with Crippen LogP contribution in [0.4, 0.5) is 0 Å². The molecule has 1 amide bonds. The van der Waals surface area contributed by atoms with E-state index >= 15 is 0 Å². The largest absolute Gasteiger partial charge is 0.351 e. The molecule has 9 heteroatoms. The van der Waals surface area contributed by atoms with E-state index in [0.717, 1.165) is 28.1 Å². The third-order valence-corrected chi connectivity index (χ3v) is 6.18. The zero-order valence-electron chi connectivity index (χ0n) is 16.0. The number of rotatable bonds is 8. The van der Waals surface area contributed by atoms with E-state index in [9.17, 15) is 4.79 Å². The average Bonchev–Trinajstić information content (AvgIpc) is 3.26. The first kappa shape index (κ1) is 20.8.